The Morgan fingerprint density at radius 1 is 1.10 bits per heavy atom. The number of anilines is 1. The molecule has 0 aliphatic rings. The molecule has 0 saturated carbocycles. The summed E-state index contributed by atoms with van der Waals surface area (Å²) >= 11 is 0. The van der Waals surface area contributed by atoms with Crippen LogP contribution in [0.25, 0.3) is 0 Å². The quantitative estimate of drug-likeness (QED) is 0.659. The van der Waals surface area contributed by atoms with Crippen LogP contribution in [0.2, 0.25) is 0 Å². The molecule has 0 heterocycles. The summed E-state index contributed by atoms with van der Waals surface area (Å²) in [4.78, 5) is 12.3. The van der Waals surface area contributed by atoms with E-state index in [1.54, 1.807) is 0 Å². The van der Waals surface area contributed by atoms with Crippen molar-refractivity contribution in [3.8, 4) is 0 Å². The number of carbonyl (C=O) groups excluding carboxylic acids is 1. The van der Waals surface area contributed by atoms with Crippen LogP contribution < -0.4 is 9.62 Å². The maximum atomic E-state index is 13.5. The van der Waals surface area contributed by atoms with E-state index in [2.05, 4.69) is 5.32 Å². The molecule has 1 atom stereocenters. The average Bonchev–Trinajstić information content (AvgIpc) is 2.65. The lowest BCUT2D eigenvalue weighted by molar-refractivity contribution is -0.121. The number of benzene rings is 2. The average molecular weight is 425 g/mol. The molecule has 0 aliphatic heterocycles. The first-order chi connectivity index (χ1) is 13.6. The van der Waals surface area contributed by atoms with Crippen molar-refractivity contribution in [3.63, 3.8) is 0 Å². The normalized spacial score (nSPS) is 12.4. The van der Waals surface area contributed by atoms with Crippen molar-refractivity contribution in [2.75, 3.05) is 17.1 Å². The fourth-order valence-corrected chi connectivity index (χ4v) is 3.95. The minimum atomic E-state index is -3.71. The predicted molar refractivity (Wildman–Crippen MR) is 110 cm³/mol. The summed E-state index contributed by atoms with van der Waals surface area (Å²) in [5.74, 6) is -2.38. The molecule has 29 heavy (non-hydrogen) atoms. The van der Waals surface area contributed by atoms with Gasteiger partial charge in [0.1, 0.15) is 0 Å². The Hall–Kier alpha value is -2.48. The first-order valence-corrected chi connectivity index (χ1v) is 11.3. The summed E-state index contributed by atoms with van der Waals surface area (Å²) in [6, 6.07) is 10.7. The van der Waals surface area contributed by atoms with Gasteiger partial charge < -0.3 is 5.32 Å². The number of rotatable bonds is 9. The highest BCUT2D eigenvalue weighted by atomic mass is 32.2. The molecule has 0 unspecified atom stereocenters. The number of hydrogen-bond donors (Lipinski definition) is 1. The van der Waals surface area contributed by atoms with Crippen molar-refractivity contribution in [1.29, 1.82) is 0 Å². The minimum Gasteiger partial charge on any atom is -0.349 e. The zero-order valence-corrected chi connectivity index (χ0v) is 17.6. The summed E-state index contributed by atoms with van der Waals surface area (Å²) in [6.07, 6.45) is 2.05. The molecule has 0 aromatic heterocycles. The van der Waals surface area contributed by atoms with Crippen molar-refractivity contribution in [1.82, 2.24) is 5.32 Å². The second kappa shape index (κ2) is 9.82. The highest BCUT2D eigenvalue weighted by molar-refractivity contribution is 7.92. The van der Waals surface area contributed by atoms with Gasteiger partial charge in [-0.3, -0.25) is 9.10 Å². The number of aryl methyl sites for hydroxylation is 1. The summed E-state index contributed by atoms with van der Waals surface area (Å²) in [5.41, 5.74) is 2.16. The molecule has 2 aromatic rings. The van der Waals surface area contributed by atoms with Gasteiger partial charge in [-0.25, -0.2) is 17.2 Å². The third-order valence-electron chi connectivity index (χ3n) is 4.58. The molecule has 0 radical (unpaired) electrons. The zero-order valence-electron chi connectivity index (χ0n) is 16.8. The molecule has 0 saturated heterocycles. The molecule has 1 amide bonds. The van der Waals surface area contributed by atoms with E-state index in [1.807, 2.05) is 38.1 Å². The lowest BCUT2D eigenvalue weighted by Crippen LogP contribution is -2.33. The number of nitrogens with zero attached hydrogens (tertiary/aromatic N) is 1. The molecular weight excluding hydrogens is 398 g/mol. The molecule has 1 N–H and O–H groups in total. The van der Waals surface area contributed by atoms with Gasteiger partial charge in [0.15, 0.2) is 11.6 Å². The van der Waals surface area contributed by atoms with Crippen molar-refractivity contribution in [2.45, 2.75) is 39.2 Å². The van der Waals surface area contributed by atoms with Gasteiger partial charge in [0, 0.05) is 19.0 Å². The maximum Gasteiger partial charge on any atom is 0.232 e. The third kappa shape index (κ3) is 6.52. The molecule has 158 valence electrons. The number of hydrogen-bond acceptors (Lipinski definition) is 3. The monoisotopic (exact) mass is 424 g/mol. The molecule has 8 heteroatoms. The molecule has 0 bridgehead atoms. The first kappa shape index (κ1) is 22.8. The number of carbonyl (C=O) groups is 1. The number of halogens is 2. The fourth-order valence-electron chi connectivity index (χ4n) is 3.00. The Morgan fingerprint density at radius 3 is 2.31 bits per heavy atom. The molecule has 0 spiro atoms. The topological polar surface area (TPSA) is 66.5 Å². The standard InChI is InChI=1S/C21H26F2N2O3S/c1-4-20(16-9-7-15(2)8-10-16)24-21(26)6-5-13-25(29(3,27)28)17-11-12-18(22)19(23)14-17/h7-12,14,20H,4-6,13H2,1-3H3,(H,24,26)/t20-/m0/s1. The molecule has 2 aromatic carbocycles. The van der Waals surface area contributed by atoms with E-state index in [9.17, 15) is 22.0 Å². The van der Waals surface area contributed by atoms with Crippen LogP contribution in [-0.2, 0) is 14.8 Å². The first-order valence-electron chi connectivity index (χ1n) is 9.40. The molecule has 0 aliphatic carbocycles. The van der Waals surface area contributed by atoms with Gasteiger partial charge in [-0.05, 0) is 37.5 Å². The van der Waals surface area contributed by atoms with Gasteiger partial charge in [0.25, 0.3) is 0 Å². The van der Waals surface area contributed by atoms with E-state index in [-0.39, 0.29) is 37.0 Å². The van der Waals surface area contributed by atoms with E-state index in [4.69, 9.17) is 0 Å². The third-order valence-corrected chi connectivity index (χ3v) is 5.77. The summed E-state index contributed by atoms with van der Waals surface area (Å²) < 4.78 is 51.7. The summed E-state index contributed by atoms with van der Waals surface area (Å²) in [7, 11) is -3.71. The Bertz CT molecular complexity index is 947. The Kier molecular flexibility index (Phi) is 7.73. The van der Waals surface area contributed by atoms with Crippen LogP contribution >= 0.6 is 0 Å². The molecule has 0 fully saturated rings. The summed E-state index contributed by atoms with van der Waals surface area (Å²) in [5, 5.41) is 2.95. The van der Waals surface area contributed by atoms with E-state index < -0.39 is 21.7 Å². The minimum absolute atomic E-state index is 0.0152. The second-order valence-corrected chi connectivity index (χ2v) is 8.88. The van der Waals surface area contributed by atoms with Crippen molar-refractivity contribution in [3.05, 3.63) is 65.2 Å². The van der Waals surface area contributed by atoms with Gasteiger partial charge in [0.2, 0.25) is 15.9 Å². The lowest BCUT2D eigenvalue weighted by Gasteiger charge is -2.23. The van der Waals surface area contributed by atoms with Crippen LogP contribution in [0.3, 0.4) is 0 Å². The van der Waals surface area contributed by atoms with E-state index in [0.29, 0.717) is 0 Å². The van der Waals surface area contributed by atoms with Crippen molar-refractivity contribution >= 4 is 21.6 Å². The van der Waals surface area contributed by atoms with Crippen LogP contribution in [0.15, 0.2) is 42.5 Å². The predicted octanol–water partition coefficient (Wildman–Crippen LogP) is 4.09. The highest BCUT2D eigenvalue weighted by Gasteiger charge is 2.20. The van der Waals surface area contributed by atoms with E-state index >= 15 is 0 Å². The molecule has 2 rings (SSSR count). The van der Waals surface area contributed by atoms with Crippen LogP contribution in [-0.4, -0.2) is 27.1 Å². The fraction of sp³-hybridized carbons (Fsp3) is 0.381. The van der Waals surface area contributed by atoms with Gasteiger partial charge in [-0.2, -0.15) is 0 Å². The van der Waals surface area contributed by atoms with Crippen molar-refractivity contribution < 1.29 is 22.0 Å². The van der Waals surface area contributed by atoms with E-state index in [1.165, 1.54) is 6.07 Å². The van der Waals surface area contributed by atoms with Gasteiger partial charge in [-0.1, -0.05) is 36.8 Å². The van der Waals surface area contributed by atoms with Crippen molar-refractivity contribution in [2.24, 2.45) is 0 Å². The smallest absolute Gasteiger partial charge is 0.232 e. The van der Waals surface area contributed by atoms with Crippen LogP contribution in [0, 0.1) is 18.6 Å². The van der Waals surface area contributed by atoms with Crippen LogP contribution in [0.1, 0.15) is 43.4 Å². The Labute approximate surface area is 170 Å². The van der Waals surface area contributed by atoms with E-state index in [0.717, 1.165) is 40.2 Å². The van der Waals surface area contributed by atoms with Gasteiger partial charge in [0.05, 0.1) is 18.0 Å². The number of sulfonamides is 1. The van der Waals surface area contributed by atoms with Crippen LogP contribution in [0.4, 0.5) is 14.5 Å². The summed E-state index contributed by atoms with van der Waals surface area (Å²) in [6.45, 7) is 3.95. The highest BCUT2D eigenvalue weighted by Crippen LogP contribution is 2.21. The van der Waals surface area contributed by atoms with Gasteiger partial charge in [-0.15, -0.1) is 0 Å². The Morgan fingerprint density at radius 2 is 1.76 bits per heavy atom. The Balaban J connectivity index is 1.98. The van der Waals surface area contributed by atoms with Crippen LogP contribution in [0.5, 0.6) is 0 Å². The zero-order chi connectivity index (χ0) is 21.6. The number of amides is 1. The largest absolute Gasteiger partial charge is 0.349 e. The maximum absolute atomic E-state index is 13.5. The molecular formula is C21H26F2N2O3S. The number of nitrogens with one attached hydrogen (secondary N) is 1. The molecule has 5 nitrogen and oxygen atoms in total. The second-order valence-electron chi connectivity index (χ2n) is 6.98. The van der Waals surface area contributed by atoms with Gasteiger partial charge >= 0.3 is 0 Å². The SMILES string of the molecule is CC[C@H](NC(=O)CCCN(c1ccc(F)c(F)c1)S(C)(=O)=O)c1ccc(C)cc1. The lowest BCUT2D eigenvalue weighted by atomic mass is 10.0.